The number of para-hydroxylation sites is 2. The fourth-order valence-electron chi connectivity index (χ4n) is 10.9. The van der Waals surface area contributed by atoms with Gasteiger partial charge in [-0.2, -0.15) is 10.5 Å². The number of benzene rings is 10. The van der Waals surface area contributed by atoms with E-state index in [1.54, 1.807) is 0 Å². The van der Waals surface area contributed by atoms with E-state index in [1.165, 1.54) is 10.8 Å². The lowest BCUT2D eigenvalue weighted by Gasteiger charge is -2.12. The lowest BCUT2D eigenvalue weighted by atomic mass is 10.0. The third kappa shape index (κ3) is 6.80. The number of nitriles is 2. The first-order valence-corrected chi connectivity index (χ1v) is 24.3. The molecule has 0 atom stereocenters. The van der Waals surface area contributed by atoms with E-state index >= 15 is 0 Å². The Labute approximate surface area is 419 Å². The predicted molar refractivity (Wildman–Crippen MR) is 296 cm³/mol. The molecule has 4 aromatic heterocycles. The summed E-state index contributed by atoms with van der Waals surface area (Å²) >= 11 is 0. The molecular weight excluding hydrogens is 891 g/mol. The van der Waals surface area contributed by atoms with Gasteiger partial charge in [0, 0.05) is 66.1 Å². The number of rotatable bonds is 7. The zero-order valence-electron chi connectivity index (χ0n) is 39.1. The van der Waals surface area contributed by atoms with Crippen molar-refractivity contribution in [3.8, 4) is 74.2 Å². The van der Waals surface area contributed by atoms with Crippen LogP contribution in [0.4, 0.5) is 0 Å². The smallest absolute Gasteiger partial charge is 0.160 e. The van der Waals surface area contributed by atoms with E-state index in [1.807, 2.05) is 72.8 Å². The van der Waals surface area contributed by atoms with Gasteiger partial charge in [-0.05, 0) is 114 Å². The van der Waals surface area contributed by atoms with Crippen LogP contribution in [0, 0.1) is 22.7 Å². The van der Waals surface area contributed by atoms with Gasteiger partial charge in [-0.1, -0.05) is 133 Å². The Morgan fingerprint density at radius 1 is 0.274 bits per heavy atom. The third-order valence-electron chi connectivity index (χ3n) is 14.3. The number of hydrogen-bond donors (Lipinski definition) is 0. The highest BCUT2D eigenvalue weighted by atomic mass is 15.0. The van der Waals surface area contributed by atoms with E-state index < -0.39 is 0 Å². The van der Waals surface area contributed by atoms with Crippen molar-refractivity contribution in [2.24, 2.45) is 0 Å². The van der Waals surface area contributed by atoms with Crippen LogP contribution in [0.5, 0.6) is 0 Å². The first-order chi connectivity index (χ1) is 36.1. The Morgan fingerprint density at radius 2 is 0.630 bits per heavy atom. The van der Waals surface area contributed by atoms with Crippen LogP contribution in [0.15, 0.2) is 237 Å². The van der Waals surface area contributed by atoms with Crippen molar-refractivity contribution in [3.05, 3.63) is 248 Å². The van der Waals surface area contributed by atoms with Crippen molar-refractivity contribution >= 4 is 65.4 Å². The van der Waals surface area contributed by atoms with Gasteiger partial charge >= 0.3 is 0 Å². The van der Waals surface area contributed by atoms with Gasteiger partial charge < -0.3 is 13.7 Å². The fourth-order valence-corrected chi connectivity index (χ4v) is 10.9. The second kappa shape index (κ2) is 16.7. The Bertz CT molecular complexity index is 4420. The van der Waals surface area contributed by atoms with Crippen molar-refractivity contribution in [1.29, 1.82) is 10.5 Å². The monoisotopic (exact) mass is 929 g/mol. The minimum absolute atomic E-state index is 0.575. The Balaban J connectivity index is 0.902. The van der Waals surface area contributed by atoms with Crippen LogP contribution in [-0.4, -0.2) is 23.7 Å². The molecule has 0 radical (unpaired) electrons. The van der Waals surface area contributed by atoms with Crippen LogP contribution in [0.25, 0.3) is 128 Å². The minimum Gasteiger partial charge on any atom is -0.309 e. The maximum Gasteiger partial charge on any atom is 0.160 e. The summed E-state index contributed by atoms with van der Waals surface area (Å²) < 4.78 is 6.99. The van der Waals surface area contributed by atoms with E-state index in [2.05, 4.69) is 190 Å². The summed E-state index contributed by atoms with van der Waals surface area (Å²) in [5.41, 5.74) is 17.6. The standard InChI is InChI=1S/C66H39N7/c67-40-42-19-31-62-54(35-42)55-36-43(41-68)20-32-63(55)73(62)51-30-34-65-57(38-51)56-37-50(72-60-17-9-7-15-52(60)53-16-8-10-18-61(53)72)29-33-64(56)71(65)49-27-25-45(26-28-49)44-21-23-47(24-22-44)59-39-58(46-11-3-1-4-12-46)69-66(70-59)48-13-5-2-6-14-48/h1-39H. The van der Waals surface area contributed by atoms with Crippen molar-refractivity contribution in [2.45, 2.75) is 0 Å². The second-order valence-electron chi connectivity index (χ2n) is 18.4. The summed E-state index contributed by atoms with van der Waals surface area (Å²) in [7, 11) is 0. The van der Waals surface area contributed by atoms with Crippen LogP contribution in [0.2, 0.25) is 0 Å². The highest BCUT2D eigenvalue weighted by Gasteiger charge is 2.20. The molecule has 0 aliphatic heterocycles. The molecule has 14 aromatic rings. The average Bonchev–Trinajstić information content (AvgIpc) is 4.10. The van der Waals surface area contributed by atoms with Gasteiger partial charge in [-0.25, -0.2) is 9.97 Å². The minimum atomic E-state index is 0.575. The number of hydrogen-bond acceptors (Lipinski definition) is 4. The largest absolute Gasteiger partial charge is 0.309 e. The maximum atomic E-state index is 9.90. The highest BCUT2D eigenvalue weighted by molar-refractivity contribution is 6.14. The van der Waals surface area contributed by atoms with Gasteiger partial charge in [-0.15, -0.1) is 0 Å². The summed E-state index contributed by atoms with van der Waals surface area (Å²) in [5.74, 6) is 0.692. The van der Waals surface area contributed by atoms with Crippen LogP contribution >= 0.6 is 0 Å². The molecule has 0 fully saturated rings. The molecule has 0 spiro atoms. The van der Waals surface area contributed by atoms with Gasteiger partial charge in [0.15, 0.2) is 5.82 Å². The molecule has 73 heavy (non-hydrogen) atoms. The quantitative estimate of drug-likeness (QED) is 0.159. The van der Waals surface area contributed by atoms with Crippen LogP contribution in [-0.2, 0) is 0 Å². The Hall–Kier alpha value is -10.3. The molecule has 10 aromatic carbocycles. The van der Waals surface area contributed by atoms with E-state index in [0.29, 0.717) is 17.0 Å². The van der Waals surface area contributed by atoms with E-state index in [4.69, 9.17) is 9.97 Å². The zero-order chi connectivity index (χ0) is 48.6. The van der Waals surface area contributed by atoms with Crippen LogP contribution in [0.3, 0.4) is 0 Å². The first kappa shape index (κ1) is 41.6. The number of nitrogens with zero attached hydrogens (tertiary/aromatic N) is 7. The predicted octanol–water partition coefficient (Wildman–Crippen LogP) is 16.2. The van der Waals surface area contributed by atoms with E-state index in [-0.39, 0.29) is 0 Å². The molecule has 0 saturated heterocycles. The first-order valence-electron chi connectivity index (χ1n) is 24.3. The summed E-state index contributed by atoms with van der Waals surface area (Å²) in [4.78, 5) is 10.0. The summed E-state index contributed by atoms with van der Waals surface area (Å²) in [5, 5.41) is 26.3. The van der Waals surface area contributed by atoms with Crippen molar-refractivity contribution in [3.63, 3.8) is 0 Å². The highest BCUT2D eigenvalue weighted by Crippen LogP contribution is 2.40. The lowest BCUT2D eigenvalue weighted by molar-refractivity contribution is 1.16. The van der Waals surface area contributed by atoms with Gasteiger partial charge in [0.25, 0.3) is 0 Å². The van der Waals surface area contributed by atoms with Gasteiger partial charge in [0.05, 0.1) is 67.8 Å². The second-order valence-corrected chi connectivity index (χ2v) is 18.4. The van der Waals surface area contributed by atoms with Gasteiger partial charge in [0.1, 0.15) is 0 Å². The normalized spacial score (nSPS) is 11.5. The molecule has 0 N–H and O–H groups in total. The van der Waals surface area contributed by atoms with Crippen molar-refractivity contribution in [2.75, 3.05) is 0 Å². The Morgan fingerprint density at radius 3 is 1.12 bits per heavy atom. The zero-order valence-corrected chi connectivity index (χ0v) is 39.1. The van der Waals surface area contributed by atoms with Crippen LogP contribution in [0.1, 0.15) is 11.1 Å². The SMILES string of the molecule is N#Cc1ccc2c(c1)c1cc(C#N)ccc1n2-c1ccc2c(c1)c1cc(-n3c4ccccc4c4ccccc43)ccc1n2-c1ccc(-c2ccc(-c3cc(-c4ccccc4)nc(-c4ccccc4)n3)cc2)cc1. The third-order valence-corrected chi connectivity index (χ3v) is 14.3. The topological polar surface area (TPSA) is 88.1 Å². The molecular formula is C66H39N7. The Kier molecular flexibility index (Phi) is 9.50. The van der Waals surface area contributed by atoms with Gasteiger partial charge in [-0.3, -0.25) is 0 Å². The molecule has 0 bridgehead atoms. The summed E-state index contributed by atoms with van der Waals surface area (Å²) in [6.45, 7) is 0. The molecule has 0 amide bonds. The number of aromatic nitrogens is 5. The van der Waals surface area contributed by atoms with E-state index in [9.17, 15) is 10.5 Å². The molecule has 7 nitrogen and oxygen atoms in total. The molecule has 14 rings (SSSR count). The fraction of sp³-hybridized carbons (Fsp3) is 0. The molecule has 4 heterocycles. The summed E-state index contributed by atoms with van der Waals surface area (Å²) in [6.07, 6.45) is 0. The van der Waals surface area contributed by atoms with Crippen LogP contribution < -0.4 is 0 Å². The van der Waals surface area contributed by atoms with Crippen molar-refractivity contribution < 1.29 is 0 Å². The molecule has 0 unspecified atom stereocenters. The molecule has 338 valence electrons. The van der Waals surface area contributed by atoms with Gasteiger partial charge in [0.2, 0.25) is 0 Å². The number of fused-ring (bicyclic) bond motifs is 9. The molecule has 7 heteroatoms. The molecule has 0 saturated carbocycles. The lowest BCUT2D eigenvalue weighted by Crippen LogP contribution is -1.96. The average molecular weight is 930 g/mol. The van der Waals surface area contributed by atoms with Crippen molar-refractivity contribution in [1.82, 2.24) is 23.7 Å². The maximum absolute atomic E-state index is 9.90. The molecule has 0 aliphatic carbocycles. The van der Waals surface area contributed by atoms with E-state index in [0.717, 1.165) is 111 Å². The summed E-state index contributed by atoms with van der Waals surface area (Å²) in [6, 6.07) is 87.0. The molecule has 0 aliphatic rings.